The van der Waals surface area contributed by atoms with Gasteiger partial charge < -0.3 is 10.5 Å². The Morgan fingerprint density at radius 2 is 2.05 bits per heavy atom. The first-order chi connectivity index (χ1) is 9.56. The molecule has 0 spiro atoms. The number of benzene rings is 2. The van der Waals surface area contributed by atoms with E-state index in [1.807, 2.05) is 18.2 Å². The van der Waals surface area contributed by atoms with E-state index in [-0.39, 0.29) is 11.1 Å². The van der Waals surface area contributed by atoms with Crippen LogP contribution in [0.5, 0.6) is 5.75 Å². The van der Waals surface area contributed by atoms with Crippen LogP contribution in [0, 0.1) is 5.82 Å². The molecule has 1 aliphatic heterocycles. The van der Waals surface area contributed by atoms with Crippen LogP contribution in [0.2, 0.25) is 5.02 Å². The molecule has 5 heteroatoms. The van der Waals surface area contributed by atoms with E-state index in [1.54, 1.807) is 12.1 Å². The molecule has 0 radical (unpaired) electrons. The number of halogens is 3. The summed E-state index contributed by atoms with van der Waals surface area (Å²) in [4.78, 5) is 0. The van der Waals surface area contributed by atoms with E-state index in [1.165, 1.54) is 6.07 Å². The Morgan fingerprint density at radius 3 is 2.85 bits per heavy atom. The van der Waals surface area contributed by atoms with Crippen LogP contribution < -0.4 is 10.5 Å². The van der Waals surface area contributed by atoms with Crippen LogP contribution in [-0.2, 0) is 0 Å². The third kappa shape index (κ3) is 2.43. The fraction of sp³-hybridized carbons (Fsp3) is 0.200. The molecule has 1 unspecified atom stereocenters. The summed E-state index contributed by atoms with van der Waals surface area (Å²) in [6.45, 7) is 0. The highest BCUT2D eigenvalue weighted by Gasteiger charge is 2.29. The highest BCUT2D eigenvalue weighted by atomic mass is 79.9. The first-order valence-electron chi connectivity index (χ1n) is 6.22. The molecule has 2 aromatic carbocycles. The van der Waals surface area contributed by atoms with E-state index in [4.69, 9.17) is 22.1 Å². The molecule has 0 saturated heterocycles. The Balaban J connectivity index is 1.99. The molecule has 0 aromatic heterocycles. The van der Waals surface area contributed by atoms with Crippen LogP contribution in [0.1, 0.15) is 29.7 Å². The van der Waals surface area contributed by atoms with E-state index in [2.05, 4.69) is 15.9 Å². The lowest BCUT2D eigenvalue weighted by molar-refractivity contribution is 0.157. The van der Waals surface area contributed by atoms with Crippen molar-refractivity contribution in [1.29, 1.82) is 0 Å². The number of nitrogens with two attached hydrogens (primary N) is 1. The molecule has 0 saturated carbocycles. The van der Waals surface area contributed by atoms with Gasteiger partial charge in [0.2, 0.25) is 0 Å². The van der Waals surface area contributed by atoms with E-state index < -0.39 is 11.9 Å². The molecule has 0 aliphatic carbocycles. The van der Waals surface area contributed by atoms with E-state index in [0.29, 0.717) is 17.7 Å². The molecular weight excluding hydrogens is 345 g/mol. The zero-order chi connectivity index (χ0) is 14.3. The third-order valence-corrected chi connectivity index (χ3v) is 4.22. The van der Waals surface area contributed by atoms with Gasteiger partial charge in [-0.05, 0) is 24.3 Å². The van der Waals surface area contributed by atoms with Crippen molar-refractivity contribution in [2.24, 2.45) is 5.73 Å². The van der Waals surface area contributed by atoms with Gasteiger partial charge in [0.15, 0.2) is 0 Å². The van der Waals surface area contributed by atoms with Gasteiger partial charge in [-0.2, -0.15) is 0 Å². The number of hydrogen-bond donors (Lipinski definition) is 1. The summed E-state index contributed by atoms with van der Waals surface area (Å²) >= 11 is 9.23. The molecule has 2 N–H and O–H groups in total. The van der Waals surface area contributed by atoms with Crippen LogP contribution in [0.15, 0.2) is 40.9 Å². The molecule has 2 nitrogen and oxygen atoms in total. The third-order valence-electron chi connectivity index (χ3n) is 3.44. The maximum absolute atomic E-state index is 14.1. The maximum Gasteiger partial charge on any atom is 0.148 e. The zero-order valence-electron chi connectivity index (χ0n) is 10.4. The molecule has 1 heterocycles. The maximum atomic E-state index is 14.1. The van der Waals surface area contributed by atoms with Crippen molar-refractivity contribution in [3.05, 3.63) is 62.8 Å². The minimum Gasteiger partial charge on any atom is -0.485 e. The molecule has 0 amide bonds. The van der Waals surface area contributed by atoms with Crippen LogP contribution in [0.25, 0.3) is 0 Å². The summed E-state index contributed by atoms with van der Waals surface area (Å²) in [6.07, 6.45) is 0.0955. The summed E-state index contributed by atoms with van der Waals surface area (Å²) < 4.78 is 20.9. The molecule has 104 valence electrons. The van der Waals surface area contributed by atoms with Crippen molar-refractivity contribution in [3.63, 3.8) is 0 Å². The van der Waals surface area contributed by atoms with Crippen LogP contribution in [-0.4, -0.2) is 0 Å². The van der Waals surface area contributed by atoms with E-state index in [0.717, 1.165) is 10.0 Å². The number of ether oxygens (including phenoxy) is 1. The highest BCUT2D eigenvalue weighted by molar-refractivity contribution is 9.10. The van der Waals surface area contributed by atoms with Crippen LogP contribution in [0.4, 0.5) is 4.39 Å². The molecule has 0 bridgehead atoms. The van der Waals surface area contributed by atoms with Gasteiger partial charge in [-0.15, -0.1) is 0 Å². The van der Waals surface area contributed by atoms with Gasteiger partial charge >= 0.3 is 0 Å². The van der Waals surface area contributed by atoms with Crippen molar-refractivity contribution in [3.8, 4) is 5.75 Å². The van der Waals surface area contributed by atoms with Gasteiger partial charge in [-0.25, -0.2) is 4.39 Å². The quantitative estimate of drug-likeness (QED) is 0.799. The SMILES string of the molecule is N[C@H]1CC(c2cccc(Cl)c2F)Oc2ccc(Br)cc21. The second-order valence-corrected chi connectivity index (χ2v) is 6.10. The van der Waals surface area contributed by atoms with Crippen molar-refractivity contribution >= 4 is 27.5 Å². The Kier molecular flexibility index (Phi) is 3.71. The van der Waals surface area contributed by atoms with E-state index >= 15 is 0 Å². The lowest BCUT2D eigenvalue weighted by Crippen LogP contribution is -2.24. The summed E-state index contributed by atoms with van der Waals surface area (Å²) in [5.41, 5.74) is 7.55. The average molecular weight is 357 g/mol. The molecule has 2 atom stereocenters. The van der Waals surface area contributed by atoms with E-state index in [9.17, 15) is 4.39 Å². The molecule has 2 aromatic rings. The Hall–Kier alpha value is -1.10. The standard InChI is InChI=1S/C15H12BrClFNO/c16-8-4-5-13-10(6-8)12(19)7-14(20-13)9-2-1-3-11(17)15(9)18/h1-6,12,14H,7,19H2/t12-,14?/m0/s1. The number of fused-ring (bicyclic) bond motifs is 1. The minimum absolute atomic E-state index is 0.0984. The van der Waals surface area contributed by atoms with Gasteiger partial charge in [0, 0.05) is 28.1 Å². The molecule has 3 rings (SSSR count). The van der Waals surface area contributed by atoms with Crippen molar-refractivity contribution in [2.75, 3.05) is 0 Å². The minimum atomic E-state index is -0.438. The second kappa shape index (κ2) is 5.35. The first-order valence-corrected chi connectivity index (χ1v) is 7.39. The monoisotopic (exact) mass is 355 g/mol. The largest absolute Gasteiger partial charge is 0.485 e. The van der Waals surface area contributed by atoms with Crippen molar-refractivity contribution in [1.82, 2.24) is 0 Å². The normalized spacial score (nSPS) is 21.2. The average Bonchev–Trinajstić information content (AvgIpc) is 2.42. The van der Waals surface area contributed by atoms with Crippen LogP contribution in [0.3, 0.4) is 0 Å². The summed E-state index contributed by atoms with van der Waals surface area (Å²) in [5, 5.41) is 0.0984. The lowest BCUT2D eigenvalue weighted by Gasteiger charge is -2.31. The predicted molar refractivity (Wildman–Crippen MR) is 80.5 cm³/mol. The van der Waals surface area contributed by atoms with Crippen molar-refractivity contribution < 1.29 is 9.13 Å². The fourth-order valence-electron chi connectivity index (χ4n) is 2.43. The summed E-state index contributed by atoms with van der Waals surface area (Å²) in [6, 6.07) is 10.4. The Labute approximate surface area is 129 Å². The molecule has 0 fully saturated rings. The summed E-state index contributed by atoms with van der Waals surface area (Å²) in [7, 11) is 0. The van der Waals surface area contributed by atoms with Crippen molar-refractivity contribution in [2.45, 2.75) is 18.6 Å². The van der Waals surface area contributed by atoms with Gasteiger partial charge in [0.25, 0.3) is 0 Å². The Bertz CT molecular complexity index is 664. The predicted octanol–water partition coefficient (Wildman–Crippen LogP) is 4.77. The smallest absolute Gasteiger partial charge is 0.148 e. The zero-order valence-corrected chi connectivity index (χ0v) is 12.8. The van der Waals surface area contributed by atoms with Gasteiger partial charge in [-0.1, -0.05) is 39.7 Å². The topological polar surface area (TPSA) is 35.2 Å². The highest BCUT2D eigenvalue weighted by Crippen LogP contribution is 2.41. The summed E-state index contributed by atoms with van der Waals surface area (Å²) in [5.74, 6) is 0.253. The Morgan fingerprint density at radius 1 is 1.25 bits per heavy atom. The lowest BCUT2D eigenvalue weighted by atomic mass is 9.93. The number of rotatable bonds is 1. The fourth-order valence-corrected chi connectivity index (χ4v) is 3.00. The first kappa shape index (κ1) is 13.9. The van der Waals surface area contributed by atoms with Gasteiger partial charge in [-0.3, -0.25) is 0 Å². The molecule has 1 aliphatic rings. The second-order valence-electron chi connectivity index (χ2n) is 4.77. The van der Waals surface area contributed by atoms with Gasteiger partial charge in [0.1, 0.15) is 17.7 Å². The van der Waals surface area contributed by atoms with Crippen LogP contribution >= 0.6 is 27.5 Å². The molecular formula is C15H12BrClFNO. The number of hydrogen-bond acceptors (Lipinski definition) is 2. The van der Waals surface area contributed by atoms with Gasteiger partial charge in [0.05, 0.1) is 5.02 Å². The molecule has 20 heavy (non-hydrogen) atoms.